The number of hydrogen-bond donors (Lipinski definition) is 1. The van der Waals surface area contributed by atoms with Crippen LogP contribution in [0, 0.1) is 20.2 Å². The maximum Gasteiger partial charge on any atom is 0.269 e. The van der Waals surface area contributed by atoms with E-state index < -0.39 is 9.85 Å². The Morgan fingerprint density at radius 3 is 2.06 bits per heavy atom. The van der Waals surface area contributed by atoms with E-state index in [0.717, 1.165) is 5.56 Å². The van der Waals surface area contributed by atoms with Crippen LogP contribution < -0.4 is 14.9 Å². The normalized spacial score (nSPS) is 10.6. The third kappa shape index (κ3) is 6.60. The lowest BCUT2D eigenvalue weighted by atomic mass is 10.1. The Morgan fingerprint density at radius 1 is 0.912 bits per heavy atom. The molecule has 3 aromatic rings. The zero-order chi connectivity index (χ0) is 24.5. The van der Waals surface area contributed by atoms with Gasteiger partial charge in [-0.25, -0.2) is 5.43 Å². The van der Waals surface area contributed by atoms with Crippen molar-refractivity contribution >= 4 is 23.5 Å². The van der Waals surface area contributed by atoms with Crippen LogP contribution in [0.3, 0.4) is 0 Å². The van der Waals surface area contributed by atoms with Gasteiger partial charge in [-0.15, -0.1) is 0 Å². The van der Waals surface area contributed by atoms with Crippen molar-refractivity contribution in [1.82, 2.24) is 5.43 Å². The van der Waals surface area contributed by atoms with Crippen molar-refractivity contribution in [3.8, 4) is 11.5 Å². The van der Waals surface area contributed by atoms with E-state index in [-0.39, 0.29) is 30.3 Å². The predicted molar refractivity (Wildman–Crippen MR) is 123 cm³/mol. The van der Waals surface area contributed by atoms with Gasteiger partial charge < -0.3 is 9.47 Å². The zero-order valence-corrected chi connectivity index (χ0v) is 18.0. The van der Waals surface area contributed by atoms with Gasteiger partial charge in [-0.3, -0.25) is 25.0 Å². The Hall–Kier alpha value is -4.80. The van der Waals surface area contributed by atoms with E-state index in [0.29, 0.717) is 22.6 Å². The van der Waals surface area contributed by atoms with Gasteiger partial charge in [-0.1, -0.05) is 12.1 Å². The van der Waals surface area contributed by atoms with Gasteiger partial charge in [0.1, 0.15) is 6.61 Å². The molecule has 0 fully saturated rings. The fourth-order valence-electron chi connectivity index (χ4n) is 2.90. The molecule has 174 valence electrons. The molecule has 0 radical (unpaired) electrons. The van der Waals surface area contributed by atoms with E-state index >= 15 is 0 Å². The summed E-state index contributed by atoms with van der Waals surface area (Å²) in [5.74, 6) is 0.545. The summed E-state index contributed by atoms with van der Waals surface area (Å²) in [5.41, 5.74) is 4.39. The monoisotopic (exact) mass is 464 g/mol. The highest BCUT2D eigenvalue weighted by molar-refractivity contribution is 5.84. The van der Waals surface area contributed by atoms with Crippen molar-refractivity contribution < 1.29 is 24.1 Å². The first-order valence-corrected chi connectivity index (χ1v) is 9.95. The van der Waals surface area contributed by atoms with Crippen LogP contribution in [0.2, 0.25) is 0 Å². The van der Waals surface area contributed by atoms with E-state index in [1.54, 1.807) is 30.3 Å². The molecule has 0 bridgehead atoms. The number of nitrogens with one attached hydrogen (secondary N) is 1. The fourth-order valence-corrected chi connectivity index (χ4v) is 2.90. The Bertz CT molecular complexity index is 1210. The van der Waals surface area contributed by atoms with E-state index in [2.05, 4.69) is 10.5 Å². The molecule has 3 aromatic carbocycles. The van der Waals surface area contributed by atoms with Gasteiger partial charge in [-0.05, 0) is 47.0 Å². The summed E-state index contributed by atoms with van der Waals surface area (Å²) in [4.78, 5) is 32.5. The number of ether oxygens (including phenoxy) is 2. The van der Waals surface area contributed by atoms with Crippen LogP contribution in [0.5, 0.6) is 11.5 Å². The van der Waals surface area contributed by atoms with Crippen LogP contribution in [-0.4, -0.2) is 29.1 Å². The van der Waals surface area contributed by atoms with Gasteiger partial charge in [-0.2, -0.15) is 5.10 Å². The Labute approximate surface area is 193 Å². The summed E-state index contributed by atoms with van der Waals surface area (Å²) >= 11 is 0. The molecule has 0 heterocycles. The first-order chi connectivity index (χ1) is 16.4. The van der Waals surface area contributed by atoms with Gasteiger partial charge >= 0.3 is 0 Å². The number of rotatable bonds is 10. The van der Waals surface area contributed by atoms with Gasteiger partial charge in [0.05, 0.1) is 29.6 Å². The molecule has 0 aromatic heterocycles. The molecule has 0 atom stereocenters. The minimum Gasteiger partial charge on any atom is -0.493 e. The molecule has 3 rings (SSSR count). The summed E-state index contributed by atoms with van der Waals surface area (Å²) in [7, 11) is 1.49. The molecule has 0 aliphatic carbocycles. The lowest BCUT2D eigenvalue weighted by Crippen LogP contribution is -2.19. The molecule has 0 unspecified atom stereocenters. The molecule has 0 spiro atoms. The van der Waals surface area contributed by atoms with E-state index in [9.17, 15) is 25.0 Å². The number of nitro groups is 2. The number of carbonyl (C=O) groups is 1. The highest BCUT2D eigenvalue weighted by Gasteiger charge is 2.09. The van der Waals surface area contributed by atoms with Crippen LogP contribution in [0.25, 0.3) is 0 Å². The quantitative estimate of drug-likeness (QED) is 0.273. The third-order valence-electron chi connectivity index (χ3n) is 4.64. The fraction of sp³-hybridized carbons (Fsp3) is 0.130. The molecule has 1 amide bonds. The highest BCUT2D eigenvalue weighted by Crippen LogP contribution is 2.28. The number of methoxy groups -OCH3 is 1. The van der Waals surface area contributed by atoms with E-state index in [1.165, 1.54) is 49.7 Å². The minimum absolute atomic E-state index is 0.00445. The predicted octanol–water partition coefficient (Wildman–Crippen LogP) is 3.78. The standard InChI is InChI=1S/C23H20N4O7/c1-33-22-12-18(6-11-21(22)34-15-17-4-9-20(10-5-17)27(31)32)14-24-25-23(28)13-16-2-7-19(8-3-16)26(29)30/h2-12,14H,13,15H2,1H3,(H,25,28)/b24-14-. The van der Waals surface area contributed by atoms with Crippen LogP contribution >= 0.6 is 0 Å². The number of carbonyl (C=O) groups excluding carboxylic acids is 1. The summed E-state index contributed by atoms with van der Waals surface area (Å²) < 4.78 is 11.1. The number of amides is 1. The van der Waals surface area contributed by atoms with E-state index in [4.69, 9.17) is 9.47 Å². The average Bonchev–Trinajstić information content (AvgIpc) is 2.83. The maximum atomic E-state index is 12.0. The first kappa shape index (κ1) is 23.9. The van der Waals surface area contributed by atoms with Crippen molar-refractivity contribution in [2.45, 2.75) is 13.0 Å². The molecular weight excluding hydrogens is 444 g/mol. The largest absolute Gasteiger partial charge is 0.493 e. The van der Waals surface area contributed by atoms with Crippen molar-refractivity contribution in [1.29, 1.82) is 0 Å². The second-order valence-corrected chi connectivity index (χ2v) is 7.02. The topological polar surface area (TPSA) is 146 Å². The maximum absolute atomic E-state index is 12.0. The molecule has 0 saturated carbocycles. The average molecular weight is 464 g/mol. The van der Waals surface area contributed by atoms with Crippen LogP contribution in [-0.2, 0) is 17.8 Å². The van der Waals surface area contributed by atoms with Gasteiger partial charge in [0.25, 0.3) is 11.4 Å². The van der Waals surface area contributed by atoms with Gasteiger partial charge in [0, 0.05) is 24.3 Å². The van der Waals surface area contributed by atoms with E-state index in [1.807, 2.05) is 0 Å². The number of benzene rings is 3. The summed E-state index contributed by atoms with van der Waals surface area (Å²) in [6.45, 7) is 0.195. The molecule has 0 saturated heterocycles. The van der Waals surface area contributed by atoms with Crippen molar-refractivity contribution in [3.05, 3.63) is 104 Å². The Kier molecular flexibility index (Phi) is 7.84. The molecule has 34 heavy (non-hydrogen) atoms. The van der Waals surface area contributed by atoms with Gasteiger partial charge in [0.15, 0.2) is 11.5 Å². The highest BCUT2D eigenvalue weighted by atomic mass is 16.6. The molecule has 11 heteroatoms. The van der Waals surface area contributed by atoms with Crippen molar-refractivity contribution in [2.24, 2.45) is 5.10 Å². The third-order valence-corrected chi connectivity index (χ3v) is 4.64. The second kappa shape index (κ2) is 11.2. The molecule has 0 aliphatic heterocycles. The number of non-ortho nitro benzene ring substituents is 2. The molecule has 0 aliphatic rings. The number of hydrogen-bond acceptors (Lipinski definition) is 8. The summed E-state index contributed by atoms with van der Waals surface area (Å²) in [5, 5.41) is 25.3. The molecular formula is C23H20N4O7. The van der Waals surface area contributed by atoms with Crippen molar-refractivity contribution in [2.75, 3.05) is 7.11 Å². The lowest BCUT2D eigenvalue weighted by molar-refractivity contribution is -0.385. The SMILES string of the molecule is COc1cc(/C=N\NC(=O)Cc2ccc([N+](=O)[O-])cc2)ccc1OCc1ccc([N+](=O)[O-])cc1. The Morgan fingerprint density at radius 2 is 1.50 bits per heavy atom. The van der Waals surface area contributed by atoms with Crippen molar-refractivity contribution in [3.63, 3.8) is 0 Å². The second-order valence-electron chi connectivity index (χ2n) is 7.02. The summed E-state index contributed by atoms with van der Waals surface area (Å²) in [6.07, 6.45) is 1.46. The van der Waals surface area contributed by atoms with Crippen LogP contribution in [0.1, 0.15) is 16.7 Å². The first-order valence-electron chi connectivity index (χ1n) is 9.95. The van der Waals surface area contributed by atoms with Crippen LogP contribution in [0.15, 0.2) is 71.8 Å². The molecule has 11 nitrogen and oxygen atoms in total. The zero-order valence-electron chi connectivity index (χ0n) is 18.0. The molecule has 1 N–H and O–H groups in total. The lowest BCUT2D eigenvalue weighted by Gasteiger charge is -2.11. The number of hydrazone groups is 1. The van der Waals surface area contributed by atoms with Gasteiger partial charge in [0.2, 0.25) is 5.91 Å². The van der Waals surface area contributed by atoms with Crippen LogP contribution in [0.4, 0.5) is 11.4 Å². The Balaban J connectivity index is 1.55. The number of nitrogens with zero attached hydrogens (tertiary/aromatic N) is 3. The summed E-state index contributed by atoms with van der Waals surface area (Å²) in [6, 6.07) is 16.8. The smallest absolute Gasteiger partial charge is 0.269 e. The minimum atomic E-state index is -0.506. The number of nitro benzene ring substituents is 2.